The average Bonchev–Trinajstić information content (AvgIpc) is 2.77. The lowest BCUT2D eigenvalue weighted by Gasteiger charge is -2.20. The summed E-state index contributed by atoms with van der Waals surface area (Å²) in [5, 5.41) is 5.42. The van der Waals surface area contributed by atoms with Gasteiger partial charge in [-0.2, -0.15) is 9.78 Å². The SMILES string of the molecule is COc1ccc(-c2cccc(-n3ncc4cc(C(C)(C)C)cc(F)c4c3=O)c2CBr)c(C)n1. The monoisotopic (exact) mass is 509 g/mol. The fourth-order valence-electron chi connectivity index (χ4n) is 3.94. The van der Waals surface area contributed by atoms with Crippen LogP contribution in [-0.4, -0.2) is 21.9 Å². The van der Waals surface area contributed by atoms with Crippen molar-refractivity contribution in [2.75, 3.05) is 7.11 Å². The number of aryl methyl sites for hydroxylation is 1. The third-order valence-corrected chi connectivity index (χ3v) is 6.34. The van der Waals surface area contributed by atoms with Crippen LogP contribution in [0.4, 0.5) is 4.39 Å². The van der Waals surface area contributed by atoms with Crippen LogP contribution in [-0.2, 0) is 10.7 Å². The molecule has 0 aliphatic carbocycles. The molecule has 33 heavy (non-hydrogen) atoms. The van der Waals surface area contributed by atoms with Crippen molar-refractivity contribution < 1.29 is 9.13 Å². The number of methoxy groups -OCH3 is 1. The van der Waals surface area contributed by atoms with Crippen molar-refractivity contribution in [3.63, 3.8) is 0 Å². The summed E-state index contributed by atoms with van der Waals surface area (Å²) in [6.45, 7) is 7.93. The molecular formula is C26H25BrFN3O2. The Kier molecular flexibility index (Phi) is 6.10. The lowest BCUT2D eigenvalue weighted by molar-refractivity contribution is 0.397. The normalized spacial score (nSPS) is 11.7. The van der Waals surface area contributed by atoms with E-state index in [1.165, 1.54) is 10.7 Å². The summed E-state index contributed by atoms with van der Waals surface area (Å²) in [6, 6.07) is 12.7. The van der Waals surface area contributed by atoms with Gasteiger partial charge in [0.05, 0.1) is 24.4 Å². The maximum atomic E-state index is 15.1. The molecular weight excluding hydrogens is 485 g/mol. The van der Waals surface area contributed by atoms with E-state index in [0.29, 0.717) is 22.3 Å². The molecule has 0 aliphatic rings. The van der Waals surface area contributed by atoms with Crippen LogP contribution in [0.15, 0.2) is 53.5 Å². The first-order valence-electron chi connectivity index (χ1n) is 10.6. The number of rotatable bonds is 4. The molecule has 7 heteroatoms. The van der Waals surface area contributed by atoms with E-state index in [1.807, 2.05) is 58.0 Å². The molecule has 0 saturated carbocycles. The van der Waals surface area contributed by atoms with Crippen LogP contribution in [0.1, 0.15) is 37.6 Å². The molecule has 0 fully saturated rings. The summed E-state index contributed by atoms with van der Waals surface area (Å²) >= 11 is 3.56. The Morgan fingerprint density at radius 2 is 1.88 bits per heavy atom. The average molecular weight is 510 g/mol. The largest absolute Gasteiger partial charge is 0.481 e. The van der Waals surface area contributed by atoms with E-state index in [1.54, 1.807) is 19.4 Å². The second-order valence-corrected chi connectivity index (χ2v) is 9.52. The third kappa shape index (κ3) is 4.17. The minimum atomic E-state index is -0.537. The molecule has 0 saturated heterocycles. The zero-order valence-electron chi connectivity index (χ0n) is 19.2. The van der Waals surface area contributed by atoms with Crippen LogP contribution in [0.3, 0.4) is 0 Å². The van der Waals surface area contributed by atoms with E-state index in [-0.39, 0.29) is 10.8 Å². The number of pyridine rings is 1. The van der Waals surface area contributed by atoms with Crippen LogP contribution in [0.2, 0.25) is 0 Å². The second kappa shape index (κ2) is 8.71. The van der Waals surface area contributed by atoms with Gasteiger partial charge >= 0.3 is 0 Å². The van der Waals surface area contributed by atoms with E-state index < -0.39 is 11.4 Å². The molecule has 0 radical (unpaired) electrons. The Balaban J connectivity index is 1.94. The molecule has 0 bridgehead atoms. The number of halogens is 2. The fourth-order valence-corrected chi connectivity index (χ4v) is 4.53. The fraction of sp³-hybridized carbons (Fsp3) is 0.269. The Morgan fingerprint density at radius 3 is 2.52 bits per heavy atom. The minimum absolute atomic E-state index is 0.0335. The number of fused-ring (bicyclic) bond motifs is 1. The van der Waals surface area contributed by atoms with Crippen molar-refractivity contribution in [1.29, 1.82) is 0 Å². The van der Waals surface area contributed by atoms with Crippen molar-refractivity contribution >= 4 is 26.7 Å². The van der Waals surface area contributed by atoms with Gasteiger partial charge in [-0.1, -0.05) is 48.8 Å². The first-order chi connectivity index (χ1) is 15.7. The molecule has 0 spiro atoms. The molecule has 0 unspecified atom stereocenters. The quantitative estimate of drug-likeness (QED) is 0.312. The van der Waals surface area contributed by atoms with Crippen molar-refractivity contribution in [1.82, 2.24) is 14.8 Å². The highest BCUT2D eigenvalue weighted by Gasteiger charge is 2.20. The Morgan fingerprint density at radius 1 is 1.12 bits per heavy atom. The zero-order valence-corrected chi connectivity index (χ0v) is 20.8. The highest BCUT2D eigenvalue weighted by atomic mass is 79.9. The van der Waals surface area contributed by atoms with Crippen molar-refractivity contribution in [3.05, 3.63) is 81.7 Å². The van der Waals surface area contributed by atoms with Crippen molar-refractivity contribution in [2.45, 2.75) is 38.4 Å². The molecule has 170 valence electrons. The number of benzene rings is 2. The zero-order chi connectivity index (χ0) is 23.9. The number of nitrogens with zero attached hydrogens (tertiary/aromatic N) is 3. The van der Waals surface area contributed by atoms with Gasteiger partial charge in [0.1, 0.15) is 5.82 Å². The predicted octanol–water partition coefficient (Wildman–Crippen LogP) is 6.10. The standard InChI is InChI=1S/C26H25BrFN3O2/c1-15-18(9-10-23(30-15)33-5)19-7-6-8-22(20(19)13-27)31-25(32)24-16(14-29-31)11-17(12-21(24)28)26(2,3)4/h6-12,14H,13H2,1-5H3. The summed E-state index contributed by atoms with van der Waals surface area (Å²) in [6.07, 6.45) is 1.56. The molecule has 0 atom stereocenters. The number of ether oxygens (including phenoxy) is 1. The molecule has 4 rings (SSSR count). The lowest BCUT2D eigenvalue weighted by atomic mass is 9.86. The molecule has 0 N–H and O–H groups in total. The topological polar surface area (TPSA) is 57.0 Å². The highest BCUT2D eigenvalue weighted by molar-refractivity contribution is 9.08. The van der Waals surface area contributed by atoms with Crippen molar-refractivity contribution in [3.8, 4) is 22.7 Å². The van der Waals surface area contributed by atoms with Gasteiger partial charge in [0.2, 0.25) is 5.88 Å². The van der Waals surface area contributed by atoms with E-state index in [0.717, 1.165) is 27.9 Å². The maximum Gasteiger partial charge on any atom is 0.282 e. The molecule has 2 heterocycles. The number of alkyl halides is 1. The number of hydrogen-bond donors (Lipinski definition) is 0. The number of hydrogen-bond acceptors (Lipinski definition) is 4. The molecule has 0 aliphatic heterocycles. The molecule has 2 aromatic heterocycles. The second-order valence-electron chi connectivity index (χ2n) is 8.96. The van der Waals surface area contributed by atoms with Crippen LogP contribution in [0.25, 0.3) is 27.6 Å². The van der Waals surface area contributed by atoms with E-state index in [2.05, 4.69) is 26.0 Å². The van der Waals surface area contributed by atoms with Gasteiger partial charge in [0, 0.05) is 28.0 Å². The Labute approximate surface area is 200 Å². The van der Waals surface area contributed by atoms with E-state index >= 15 is 4.39 Å². The molecule has 0 amide bonds. The van der Waals surface area contributed by atoms with Gasteiger partial charge in [-0.3, -0.25) is 4.79 Å². The van der Waals surface area contributed by atoms with Gasteiger partial charge in [-0.25, -0.2) is 9.37 Å². The molecule has 5 nitrogen and oxygen atoms in total. The first kappa shape index (κ1) is 23.1. The van der Waals surface area contributed by atoms with Crippen molar-refractivity contribution in [2.24, 2.45) is 0 Å². The lowest BCUT2D eigenvalue weighted by Crippen LogP contribution is -2.23. The smallest absolute Gasteiger partial charge is 0.282 e. The maximum absolute atomic E-state index is 15.1. The molecule has 2 aromatic carbocycles. The minimum Gasteiger partial charge on any atom is -0.481 e. The van der Waals surface area contributed by atoms with Gasteiger partial charge in [-0.15, -0.1) is 0 Å². The van der Waals surface area contributed by atoms with E-state index in [9.17, 15) is 4.79 Å². The summed E-state index contributed by atoms with van der Waals surface area (Å²) in [5.41, 5.74) is 4.15. The van der Waals surface area contributed by atoms with Crippen LogP contribution in [0.5, 0.6) is 5.88 Å². The predicted molar refractivity (Wildman–Crippen MR) is 133 cm³/mol. The van der Waals surface area contributed by atoms with Gasteiger partial charge in [-0.05, 0) is 53.3 Å². The van der Waals surface area contributed by atoms with E-state index in [4.69, 9.17) is 4.74 Å². The summed E-state index contributed by atoms with van der Waals surface area (Å²) in [4.78, 5) is 17.9. The van der Waals surface area contributed by atoms with Crippen LogP contribution in [0, 0.1) is 12.7 Å². The number of aromatic nitrogens is 3. The van der Waals surface area contributed by atoms with Crippen LogP contribution >= 0.6 is 15.9 Å². The Hall–Kier alpha value is -3.06. The van der Waals surface area contributed by atoms with Gasteiger partial charge in [0.25, 0.3) is 5.56 Å². The van der Waals surface area contributed by atoms with Gasteiger partial charge in [0.15, 0.2) is 0 Å². The summed E-state index contributed by atoms with van der Waals surface area (Å²) in [5.74, 6) is -0.00404. The third-order valence-electron chi connectivity index (χ3n) is 5.78. The Bertz CT molecular complexity index is 1420. The first-order valence-corrected chi connectivity index (χ1v) is 11.7. The van der Waals surface area contributed by atoms with Gasteiger partial charge < -0.3 is 4.74 Å². The van der Waals surface area contributed by atoms with Crippen LogP contribution < -0.4 is 10.3 Å². The highest BCUT2D eigenvalue weighted by Crippen LogP contribution is 2.33. The molecule has 4 aromatic rings. The summed E-state index contributed by atoms with van der Waals surface area (Å²) in [7, 11) is 1.58. The summed E-state index contributed by atoms with van der Waals surface area (Å²) < 4.78 is 21.6.